The van der Waals surface area contributed by atoms with Crippen molar-refractivity contribution in [3.63, 3.8) is 0 Å². The van der Waals surface area contributed by atoms with Crippen molar-refractivity contribution in [3.8, 4) is 0 Å². The number of anilines is 1. The van der Waals surface area contributed by atoms with E-state index in [0.717, 1.165) is 12.0 Å². The maximum absolute atomic E-state index is 12.0. The Labute approximate surface area is 161 Å². The number of fused-ring (bicyclic) bond motifs is 1. The van der Waals surface area contributed by atoms with E-state index in [9.17, 15) is 14.4 Å². The lowest BCUT2D eigenvalue weighted by molar-refractivity contribution is -0.121. The van der Waals surface area contributed by atoms with E-state index in [1.807, 2.05) is 0 Å². The average Bonchev–Trinajstić information content (AvgIpc) is 2.70. The van der Waals surface area contributed by atoms with Crippen molar-refractivity contribution in [2.45, 2.75) is 25.0 Å². The molecule has 146 valence electrons. The summed E-state index contributed by atoms with van der Waals surface area (Å²) in [6.07, 6.45) is 2.85. The van der Waals surface area contributed by atoms with E-state index >= 15 is 0 Å². The van der Waals surface area contributed by atoms with Gasteiger partial charge in [0, 0.05) is 30.4 Å². The minimum absolute atomic E-state index is 0.0491. The van der Waals surface area contributed by atoms with Crippen LogP contribution in [-0.4, -0.2) is 61.3 Å². The number of nitrogens with zero attached hydrogens (tertiary/aromatic N) is 3. The lowest BCUT2D eigenvalue weighted by atomic mass is 10.1. The van der Waals surface area contributed by atoms with E-state index in [1.165, 1.54) is 0 Å². The number of nitrogens with two attached hydrogens (primary N) is 1. The molecule has 2 unspecified atom stereocenters. The first-order valence-electron chi connectivity index (χ1n) is 8.86. The van der Waals surface area contributed by atoms with Gasteiger partial charge in [0.1, 0.15) is 6.29 Å². The van der Waals surface area contributed by atoms with Gasteiger partial charge in [0.2, 0.25) is 0 Å². The molecule has 2 amide bonds. The van der Waals surface area contributed by atoms with Crippen LogP contribution in [0.2, 0.25) is 0 Å². The van der Waals surface area contributed by atoms with Crippen LogP contribution >= 0.6 is 0 Å². The molecule has 0 fully saturated rings. The molecule has 0 radical (unpaired) electrons. The summed E-state index contributed by atoms with van der Waals surface area (Å²) in [5, 5.41) is 8.38. The molecule has 10 nitrogen and oxygen atoms in total. The van der Waals surface area contributed by atoms with Gasteiger partial charge >= 0.3 is 0 Å². The number of carbonyl (C=O) groups is 3. The summed E-state index contributed by atoms with van der Waals surface area (Å²) < 4.78 is 0. The zero-order valence-corrected chi connectivity index (χ0v) is 15.1. The van der Waals surface area contributed by atoms with Crippen molar-refractivity contribution < 1.29 is 14.4 Å². The number of aliphatic imine (C=N–C) groups is 3. The van der Waals surface area contributed by atoms with Gasteiger partial charge in [0.15, 0.2) is 18.2 Å². The third kappa shape index (κ3) is 4.78. The Morgan fingerprint density at radius 2 is 2.04 bits per heavy atom. The molecule has 0 aromatic heterocycles. The number of amides is 2. The van der Waals surface area contributed by atoms with Gasteiger partial charge in [0.05, 0.1) is 12.3 Å². The van der Waals surface area contributed by atoms with E-state index in [-0.39, 0.29) is 17.8 Å². The van der Waals surface area contributed by atoms with Gasteiger partial charge in [-0.15, -0.1) is 0 Å². The Kier molecular flexibility index (Phi) is 6.10. The fourth-order valence-electron chi connectivity index (χ4n) is 2.71. The number of carbonyl (C=O) groups excluding carboxylic acids is 3. The predicted molar refractivity (Wildman–Crippen MR) is 106 cm³/mol. The van der Waals surface area contributed by atoms with Crippen LogP contribution in [0.5, 0.6) is 0 Å². The van der Waals surface area contributed by atoms with Gasteiger partial charge in [-0.3, -0.25) is 24.9 Å². The second kappa shape index (κ2) is 8.89. The minimum atomic E-state index is -0.709. The van der Waals surface area contributed by atoms with Crippen LogP contribution in [0.4, 0.5) is 5.69 Å². The zero-order chi connectivity index (χ0) is 19.9. The summed E-state index contributed by atoms with van der Waals surface area (Å²) in [4.78, 5) is 46.8. The molecular weight excluding hydrogens is 362 g/mol. The van der Waals surface area contributed by atoms with Crippen LogP contribution in [0.3, 0.4) is 0 Å². The van der Waals surface area contributed by atoms with E-state index < -0.39 is 12.2 Å². The molecule has 2 heterocycles. The highest BCUT2D eigenvalue weighted by Gasteiger charge is 2.33. The van der Waals surface area contributed by atoms with Crippen LogP contribution in [0, 0.1) is 0 Å². The molecule has 2 aliphatic heterocycles. The standard InChI is InChI=1S/C18H21N7O3/c19-18-24-15-14(17(28)25-18)23-13(10-22-15)9-21-12-5-3-11(4-6-12)16(27)20-7-1-2-8-26/h3-6,8,10,14-15,21H,1-2,7,9H2,(H,20,27)(H3,19,24,25,28). The highest BCUT2D eigenvalue weighted by Crippen LogP contribution is 2.14. The molecule has 0 saturated heterocycles. The molecule has 5 N–H and O–H groups in total. The molecule has 0 bridgehead atoms. The van der Waals surface area contributed by atoms with Crippen molar-refractivity contribution in [1.29, 1.82) is 0 Å². The van der Waals surface area contributed by atoms with Crippen molar-refractivity contribution in [3.05, 3.63) is 29.8 Å². The number of unbranched alkanes of at least 4 members (excludes halogenated alkanes) is 1. The minimum Gasteiger partial charge on any atom is -0.379 e. The lowest BCUT2D eigenvalue weighted by Gasteiger charge is -2.25. The molecule has 0 saturated carbocycles. The monoisotopic (exact) mass is 383 g/mol. The van der Waals surface area contributed by atoms with E-state index in [2.05, 4.69) is 30.9 Å². The molecule has 10 heteroatoms. The first-order valence-corrected chi connectivity index (χ1v) is 8.86. The summed E-state index contributed by atoms with van der Waals surface area (Å²) in [6, 6.07) is 6.26. The quantitative estimate of drug-likeness (QED) is 0.351. The fourth-order valence-corrected chi connectivity index (χ4v) is 2.71. The Hall–Kier alpha value is -3.56. The van der Waals surface area contributed by atoms with Gasteiger partial charge in [-0.2, -0.15) is 0 Å². The third-order valence-corrected chi connectivity index (χ3v) is 4.16. The van der Waals surface area contributed by atoms with Crippen LogP contribution in [0.25, 0.3) is 0 Å². The number of benzene rings is 1. The summed E-state index contributed by atoms with van der Waals surface area (Å²) in [5.74, 6) is -0.459. The normalized spacial score (nSPS) is 20.4. The first-order chi connectivity index (χ1) is 13.6. The fraction of sp³-hybridized carbons (Fsp3) is 0.333. The number of guanidine groups is 1. The van der Waals surface area contributed by atoms with Crippen molar-refractivity contribution in [1.82, 2.24) is 10.6 Å². The number of hydrogen-bond acceptors (Lipinski definition) is 8. The van der Waals surface area contributed by atoms with Crippen LogP contribution in [0.1, 0.15) is 23.2 Å². The maximum atomic E-state index is 12.0. The molecule has 1 aromatic rings. The van der Waals surface area contributed by atoms with Crippen molar-refractivity contribution in [2.75, 3.05) is 18.4 Å². The average molecular weight is 383 g/mol. The largest absolute Gasteiger partial charge is 0.379 e. The van der Waals surface area contributed by atoms with Crippen LogP contribution < -0.4 is 21.7 Å². The highest BCUT2D eigenvalue weighted by molar-refractivity contribution is 6.33. The van der Waals surface area contributed by atoms with Crippen molar-refractivity contribution in [2.24, 2.45) is 20.7 Å². The van der Waals surface area contributed by atoms with Gasteiger partial charge in [-0.05, 0) is 30.7 Å². The van der Waals surface area contributed by atoms with Crippen molar-refractivity contribution >= 4 is 41.7 Å². The maximum Gasteiger partial charge on any atom is 0.255 e. The molecular formula is C18H21N7O3. The molecule has 1 aromatic carbocycles. The summed E-state index contributed by atoms with van der Waals surface area (Å²) in [5.41, 5.74) is 7.46. The summed E-state index contributed by atoms with van der Waals surface area (Å²) >= 11 is 0. The van der Waals surface area contributed by atoms with E-state index in [4.69, 9.17) is 5.73 Å². The molecule has 2 atom stereocenters. The Balaban J connectivity index is 1.52. The van der Waals surface area contributed by atoms with E-state index in [0.29, 0.717) is 37.2 Å². The smallest absolute Gasteiger partial charge is 0.255 e. The zero-order valence-electron chi connectivity index (χ0n) is 15.1. The number of hydrogen-bond donors (Lipinski definition) is 4. The topological polar surface area (TPSA) is 150 Å². The van der Waals surface area contributed by atoms with Gasteiger partial charge in [0.25, 0.3) is 11.8 Å². The summed E-state index contributed by atoms with van der Waals surface area (Å²) in [7, 11) is 0. The molecule has 2 aliphatic rings. The molecule has 0 spiro atoms. The van der Waals surface area contributed by atoms with Gasteiger partial charge in [-0.1, -0.05) is 0 Å². The number of nitrogens with one attached hydrogen (secondary N) is 3. The highest BCUT2D eigenvalue weighted by atomic mass is 16.2. The summed E-state index contributed by atoms with van der Waals surface area (Å²) in [6.45, 7) is 0.832. The van der Waals surface area contributed by atoms with Gasteiger partial charge < -0.3 is 21.2 Å². The second-order valence-electron chi connectivity index (χ2n) is 6.26. The third-order valence-electron chi connectivity index (χ3n) is 4.16. The number of aldehydes is 1. The SMILES string of the molecule is NC1=NC2N=CC(CNc3ccc(C(=O)NCCCC=O)cc3)=NC2C(=O)N1. The second-order valence-corrected chi connectivity index (χ2v) is 6.26. The Morgan fingerprint density at radius 1 is 1.25 bits per heavy atom. The molecule has 28 heavy (non-hydrogen) atoms. The Bertz CT molecular complexity index is 845. The van der Waals surface area contributed by atoms with Crippen LogP contribution in [-0.2, 0) is 9.59 Å². The Morgan fingerprint density at radius 3 is 2.79 bits per heavy atom. The predicted octanol–water partition coefficient (Wildman–Crippen LogP) is -0.528. The van der Waals surface area contributed by atoms with Gasteiger partial charge in [-0.25, -0.2) is 4.99 Å². The molecule has 3 rings (SSSR count). The first kappa shape index (κ1) is 19.2. The van der Waals surface area contributed by atoms with Crippen LogP contribution in [0.15, 0.2) is 39.2 Å². The lowest BCUT2D eigenvalue weighted by Crippen LogP contribution is -2.52. The molecule has 0 aliphatic carbocycles. The van der Waals surface area contributed by atoms with E-state index in [1.54, 1.807) is 30.5 Å². The number of rotatable bonds is 8.